The molecule has 3 unspecified atom stereocenters. The third kappa shape index (κ3) is 1.19. The van der Waals surface area contributed by atoms with Gasteiger partial charge in [-0.25, -0.2) is 4.39 Å². The molecular weight excluding hydrogens is 207 g/mol. The highest BCUT2D eigenvalue weighted by molar-refractivity contribution is 6.00. The van der Waals surface area contributed by atoms with Crippen molar-refractivity contribution in [2.24, 2.45) is 23.5 Å². The van der Waals surface area contributed by atoms with Crippen LogP contribution in [0.5, 0.6) is 0 Å². The molecule has 1 saturated carbocycles. The number of carbonyl (C=O) groups excluding carboxylic acids is 1. The highest BCUT2D eigenvalue weighted by Gasteiger charge is 2.61. The Morgan fingerprint density at radius 2 is 2.19 bits per heavy atom. The van der Waals surface area contributed by atoms with Crippen molar-refractivity contribution < 1.29 is 9.18 Å². The zero-order valence-corrected chi connectivity index (χ0v) is 8.77. The molecule has 1 aliphatic carbocycles. The second-order valence-corrected chi connectivity index (χ2v) is 4.49. The minimum Gasteiger partial charge on any atom is -0.330 e. The van der Waals surface area contributed by atoms with E-state index in [0.717, 1.165) is 0 Å². The van der Waals surface area contributed by atoms with Gasteiger partial charge in [0.2, 0.25) is 5.91 Å². The molecule has 2 fully saturated rings. The fraction of sp³-hybridized carbons (Fsp3) is 0.417. The van der Waals surface area contributed by atoms with Gasteiger partial charge in [0.1, 0.15) is 5.82 Å². The van der Waals surface area contributed by atoms with Crippen molar-refractivity contribution in [3.63, 3.8) is 0 Å². The van der Waals surface area contributed by atoms with Crippen LogP contribution >= 0.6 is 0 Å². The van der Waals surface area contributed by atoms with Crippen LogP contribution in [0.1, 0.15) is 0 Å². The van der Waals surface area contributed by atoms with E-state index in [-0.39, 0.29) is 17.6 Å². The van der Waals surface area contributed by atoms with Crippen molar-refractivity contribution >= 4 is 11.6 Å². The molecule has 0 aromatic heterocycles. The van der Waals surface area contributed by atoms with Gasteiger partial charge in [0.05, 0.1) is 5.69 Å². The van der Waals surface area contributed by atoms with E-state index in [2.05, 4.69) is 0 Å². The average molecular weight is 220 g/mol. The number of hydrogen-bond donors (Lipinski definition) is 1. The van der Waals surface area contributed by atoms with E-state index < -0.39 is 0 Å². The maximum Gasteiger partial charge on any atom is 0.230 e. The minimum atomic E-state index is -0.332. The zero-order chi connectivity index (χ0) is 11.3. The van der Waals surface area contributed by atoms with Crippen LogP contribution in [0.25, 0.3) is 0 Å². The zero-order valence-electron chi connectivity index (χ0n) is 8.77. The Bertz CT molecular complexity index is 448. The van der Waals surface area contributed by atoms with Crippen LogP contribution in [0, 0.1) is 23.6 Å². The highest BCUT2D eigenvalue weighted by atomic mass is 19.1. The Kier molecular flexibility index (Phi) is 2.01. The lowest BCUT2D eigenvalue weighted by atomic mass is 10.2. The number of hydrogen-bond acceptors (Lipinski definition) is 2. The molecular formula is C12H13FN2O. The summed E-state index contributed by atoms with van der Waals surface area (Å²) in [4.78, 5) is 13.5. The summed E-state index contributed by atoms with van der Waals surface area (Å²) in [5, 5.41) is 0. The summed E-state index contributed by atoms with van der Waals surface area (Å²) in [6.07, 6.45) is 0. The molecule has 3 rings (SSSR count). The Morgan fingerprint density at radius 1 is 1.44 bits per heavy atom. The Balaban J connectivity index is 1.85. The average Bonchev–Trinajstić information content (AvgIpc) is 2.89. The molecule has 1 aromatic carbocycles. The van der Waals surface area contributed by atoms with Crippen LogP contribution in [0.4, 0.5) is 10.1 Å². The van der Waals surface area contributed by atoms with E-state index in [1.165, 1.54) is 6.07 Å². The maximum absolute atomic E-state index is 13.5. The van der Waals surface area contributed by atoms with Gasteiger partial charge in [-0.3, -0.25) is 4.79 Å². The predicted octanol–water partition coefficient (Wildman–Crippen LogP) is 0.993. The van der Waals surface area contributed by atoms with Crippen LogP contribution in [-0.4, -0.2) is 19.0 Å². The van der Waals surface area contributed by atoms with E-state index in [1.54, 1.807) is 23.1 Å². The number of benzene rings is 1. The first-order valence-electron chi connectivity index (χ1n) is 5.50. The topological polar surface area (TPSA) is 46.3 Å². The van der Waals surface area contributed by atoms with Gasteiger partial charge in [-0.1, -0.05) is 12.1 Å². The lowest BCUT2D eigenvalue weighted by Gasteiger charge is -2.20. The number of para-hydroxylation sites is 1. The summed E-state index contributed by atoms with van der Waals surface area (Å²) in [6, 6.07) is 6.40. The number of amides is 1. The van der Waals surface area contributed by atoms with Gasteiger partial charge in [-0.15, -0.1) is 0 Å². The lowest BCUT2D eigenvalue weighted by Crippen LogP contribution is -2.31. The minimum absolute atomic E-state index is 0.0329. The molecule has 1 aromatic rings. The molecule has 3 atom stereocenters. The van der Waals surface area contributed by atoms with E-state index in [4.69, 9.17) is 5.73 Å². The summed E-state index contributed by atoms with van der Waals surface area (Å²) >= 11 is 0. The van der Waals surface area contributed by atoms with Crippen molar-refractivity contribution in [3.05, 3.63) is 30.1 Å². The third-order valence-electron chi connectivity index (χ3n) is 3.69. The monoisotopic (exact) mass is 220 g/mol. The third-order valence-corrected chi connectivity index (χ3v) is 3.69. The van der Waals surface area contributed by atoms with Crippen molar-refractivity contribution in [3.8, 4) is 0 Å². The molecule has 4 heteroatoms. The smallest absolute Gasteiger partial charge is 0.230 e. The summed E-state index contributed by atoms with van der Waals surface area (Å²) in [7, 11) is 0. The second kappa shape index (κ2) is 3.28. The van der Waals surface area contributed by atoms with Crippen LogP contribution < -0.4 is 10.6 Å². The number of piperidine rings is 1. The van der Waals surface area contributed by atoms with E-state index in [0.29, 0.717) is 30.6 Å². The predicted molar refractivity (Wildman–Crippen MR) is 58.3 cm³/mol. The lowest BCUT2D eigenvalue weighted by molar-refractivity contribution is -0.119. The second-order valence-electron chi connectivity index (χ2n) is 4.49. The van der Waals surface area contributed by atoms with Gasteiger partial charge in [0, 0.05) is 12.5 Å². The molecule has 2 N–H and O–H groups in total. The molecule has 84 valence electrons. The summed E-state index contributed by atoms with van der Waals surface area (Å²) < 4.78 is 13.5. The maximum atomic E-state index is 13.5. The Labute approximate surface area is 93.0 Å². The van der Waals surface area contributed by atoms with Crippen molar-refractivity contribution in [2.45, 2.75) is 0 Å². The first-order valence-corrected chi connectivity index (χ1v) is 5.50. The quantitative estimate of drug-likeness (QED) is 0.808. The van der Waals surface area contributed by atoms with Crippen molar-refractivity contribution in [1.29, 1.82) is 0 Å². The molecule has 0 radical (unpaired) electrons. The number of fused-ring (bicyclic) bond motifs is 1. The van der Waals surface area contributed by atoms with Gasteiger partial charge in [-0.05, 0) is 30.5 Å². The first kappa shape index (κ1) is 9.78. The first-order chi connectivity index (χ1) is 7.74. The normalized spacial score (nSPS) is 31.8. The Hall–Kier alpha value is -1.42. The summed E-state index contributed by atoms with van der Waals surface area (Å²) in [5.41, 5.74) is 5.95. The number of rotatable bonds is 2. The summed E-state index contributed by atoms with van der Waals surface area (Å²) in [6.45, 7) is 1.18. The van der Waals surface area contributed by atoms with Crippen LogP contribution in [0.3, 0.4) is 0 Å². The van der Waals surface area contributed by atoms with Crippen molar-refractivity contribution in [2.75, 3.05) is 18.0 Å². The molecule has 0 bridgehead atoms. The fourth-order valence-corrected chi connectivity index (χ4v) is 2.75. The molecule has 0 spiro atoms. The standard InChI is InChI=1S/C12H13FN2O/c13-9-3-1-2-4-10(9)15-6-8-7(5-14)11(8)12(15)16/h1-4,7-8,11H,5-6,14H2. The van der Waals surface area contributed by atoms with Crippen LogP contribution in [-0.2, 0) is 4.79 Å². The number of carbonyl (C=O) groups is 1. The Morgan fingerprint density at radius 3 is 2.75 bits per heavy atom. The van der Waals surface area contributed by atoms with E-state index in [1.807, 2.05) is 0 Å². The number of nitrogens with zero attached hydrogens (tertiary/aromatic N) is 1. The van der Waals surface area contributed by atoms with Crippen molar-refractivity contribution in [1.82, 2.24) is 0 Å². The number of halogens is 1. The number of anilines is 1. The molecule has 2 aliphatic rings. The number of nitrogens with two attached hydrogens (primary N) is 1. The molecule has 1 heterocycles. The largest absolute Gasteiger partial charge is 0.330 e. The van der Waals surface area contributed by atoms with Gasteiger partial charge < -0.3 is 10.6 Å². The SMILES string of the molecule is NCC1C2CN(c3ccccc3F)C(=O)C12. The van der Waals surface area contributed by atoms with E-state index >= 15 is 0 Å². The fourth-order valence-electron chi connectivity index (χ4n) is 2.75. The molecule has 1 amide bonds. The van der Waals surface area contributed by atoms with Gasteiger partial charge >= 0.3 is 0 Å². The van der Waals surface area contributed by atoms with E-state index in [9.17, 15) is 9.18 Å². The molecule has 1 saturated heterocycles. The van der Waals surface area contributed by atoms with Gasteiger partial charge in [-0.2, -0.15) is 0 Å². The molecule has 16 heavy (non-hydrogen) atoms. The van der Waals surface area contributed by atoms with Gasteiger partial charge in [0.25, 0.3) is 0 Å². The molecule has 1 aliphatic heterocycles. The van der Waals surface area contributed by atoms with Gasteiger partial charge in [0.15, 0.2) is 0 Å². The van der Waals surface area contributed by atoms with Crippen LogP contribution in [0.15, 0.2) is 24.3 Å². The molecule has 3 nitrogen and oxygen atoms in total. The highest BCUT2D eigenvalue weighted by Crippen LogP contribution is 2.52. The van der Waals surface area contributed by atoms with Crippen LogP contribution in [0.2, 0.25) is 0 Å². The summed E-state index contributed by atoms with van der Waals surface area (Å²) in [5.74, 6) is 0.421.